The van der Waals surface area contributed by atoms with Gasteiger partial charge in [0.25, 0.3) is 5.91 Å². The second-order valence-electron chi connectivity index (χ2n) is 7.57. The van der Waals surface area contributed by atoms with E-state index in [0.29, 0.717) is 42.1 Å². The number of para-hydroxylation sites is 2. The summed E-state index contributed by atoms with van der Waals surface area (Å²) in [5.41, 5.74) is 0.150. The number of carbonyl (C=O) groups excluding carboxylic acids is 2. The highest BCUT2D eigenvalue weighted by molar-refractivity contribution is 6.32. The highest BCUT2D eigenvalue weighted by Gasteiger charge is 2.22. The number of benzene rings is 2. The number of esters is 1. The van der Waals surface area contributed by atoms with Crippen LogP contribution in [0.2, 0.25) is 5.02 Å². The van der Waals surface area contributed by atoms with Gasteiger partial charge in [0.15, 0.2) is 29.6 Å². The summed E-state index contributed by atoms with van der Waals surface area (Å²) in [4.78, 5) is 24.5. The first-order valence-electron chi connectivity index (χ1n) is 10.2. The van der Waals surface area contributed by atoms with E-state index in [4.69, 9.17) is 35.3 Å². The first-order chi connectivity index (χ1) is 15.4. The van der Waals surface area contributed by atoms with Crippen LogP contribution in [0, 0.1) is 5.92 Å². The maximum absolute atomic E-state index is 12.4. The standard InChI is InChI=1S/C23H26ClNO7/c1-14(2)11-30-22-17(24)8-15(9-20(22)28-3)23(27)31-13-21(26)25-10-16-12-29-18-6-4-5-7-19(18)32-16/h4-9,14,16H,10-13H2,1-3H3,(H,25,26). The van der Waals surface area contributed by atoms with Crippen molar-refractivity contribution in [3.63, 3.8) is 0 Å². The molecule has 1 heterocycles. The van der Waals surface area contributed by atoms with E-state index in [1.165, 1.54) is 19.2 Å². The summed E-state index contributed by atoms with van der Waals surface area (Å²) in [5, 5.41) is 2.89. The van der Waals surface area contributed by atoms with Crippen molar-refractivity contribution in [3.05, 3.63) is 47.0 Å². The lowest BCUT2D eigenvalue weighted by Crippen LogP contribution is -2.42. The van der Waals surface area contributed by atoms with E-state index in [-0.39, 0.29) is 23.2 Å². The third-order valence-corrected chi connectivity index (χ3v) is 4.74. The van der Waals surface area contributed by atoms with Crippen molar-refractivity contribution in [1.29, 1.82) is 0 Å². The molecule has 0 bridgehead atoms. The minimum atomic E-state index is -0.707. The highest BCUT2D eigenvalue weighted by Crippen LogP contribution is 2.37. The largest absolute Gasteiger partial charge is 0.493 e. The molecule has 1 aliphatic heterocycles. The maximum Gasteiger partial charge on any atom is 0.338 e. The predicted octanol–water partition coefficient (Wildman–Crippen LogP) is 3.50. The van der Waals surface area contributed by atoms with Crippen LogP contribution in [0.15, 0.2) is 36.4 Å². The normalized spacial score (nSPS) is 14.6. The van der Waals surface area contributed by atoms with Crippen molar-refractivity contribution < 1.29 is 33.3 Å². The van der Waals surface area contributed by atoms with Gasteiger partial charge in [-0.05, 0) is 30.2 Å². The minimum absolute atomic E-state index is 0.150. The van der Waals surface area contributed by atoms with E-state index in [1.807, 2.05) is 32.0 Å². The average Bonchev–Trinajstić information content (AvgIpc) is 2.79. The van der Waals surface area contributed by atoms with Crippen molar-refractivity contribution in [2.24, 2.45) is 5.92 Å². The number of fused-ring (bicyclic) bond motifs is 1. The van der Waals surface area contributed by atoms with E-state index >= 15 is 0 Å². The number of ether oxygens (including phenoxy) is 5. The Balaban J connectivity index is 1.49. The molecule has 0 fully saturated rings. The summed E-state index contributed by atoms with van der Waals surface area (Å²) < 4.78 is 27.4. The van der Waals surface area contributed by atoms with E-state index < -0.39 is 18.5 Å². The molecule has 2 aromatic carbocycles. The molecule has 172 valence electrons. The van der Waals surface area contributed by atoms with Gasteiger partial charge < -0.3 is 29.0 Å². The van der Waals surface area contributed by atoms with Gasteiger partial charge in [0.05, 0.1) is 30.8 Å². The topological polar surface area (TPSA) is 92.3 Å². The number of hydrogen-bond acceptors (Lipinski definition) is 7. The zero-order chi connectivity index (χ0) is 23.1. The fraction of sp³-hybridized carbons (Fsp3) is 0.391. The van der Waals surface area contributed by atoms with Crippen molar-refractivity contribution in [2.45, 2.75) is 20.0 Å². The second kappa shape index (κ2) is 10.9. The van der Waals surface area contributed by atoms with Gasteiger partial charge >= 0.3 is 5.97 Å². The van der Waals surface area contributed by atoms with Crippen molar-refractivity contribution in [1.82, 2.24) is 5.32 Å². The molecule has 3 rings (SSSR count). The first-order valence-corrected chi connectivity index (χ1v) is 10.6. The lowest BCUT2D eigenvalue weighted by molar-refractivity contribution is -0.124. The van der Waals surface area contributed by atoms with Gasteiger partial charge in [-0.2, -0.15) is 0 Å². The molecule has 1 amide bonds. The first kappa shape index (κ1) is 23.5. The molecule has 1 aliphatic rings. The molecule has 1 unspecified atom stereocenters. The smallest absolute Gasteiger partial charge is 0.338 e. The molecular formula is C23H26ClNO7. The fourth-order valence-electron chi connectivity index (χ4n) is 2.88. The molecule has 8 nitrogen and oxygen atoms in total. The Morgan fingerprint density at radius 2 is 1.97 bits per heavy atom. The highest BCUT2D eigenvalue weighted by atomic mass is 35.5. The zero-order valence-electron chi connectivity index (χ0n) is 18.2. The molecule has 0 radical (unpaired) electrons. The Morgan fingerprint density at radius 3 is 2.69 bits per heavy atom. The Labute approximate surface area is 191 Å². The number of hydrogen-bond donors (Lipinski definition) is 1. The predicted molar refractivity (Wildman–Crippen MR) is 118 cm³/mol. The van der Waals surface area contributed by atoms with Crippen LogP contribution in [0.3, 0.4) is 0 Å². The molecule has 0 aliphatic carbocycles. The van der Waals surface area contributed by atoms with Crippen LogP contribution in [0.4, 0.5) is 0 Å². The molecule has 32 heavy (non-hydrogen) atoms. The summed E-state index contributed by atoms with van der Waals surface area (Å²) in [6.07, 6.45) is -0.342. The second-order valence-corrected chi connectivity index (χ2v) is 7.98. The van der Waals surface area contributed by atoms with Crippen LogP contribution < -0.4 is 24.3 Å². The Morgan fingerprint density at radius 1 is 1.22 bits per heavy atom. The molecule has 2 aromatic rings. The van der Waals surface area contributed by atoms with Crippen LogP contribution in [0.25, 0.3) is 0 Å². The summed E-state index contributed by atoms with van der Waals surface area (Å²) in [7, 11) is 1.45. The SMILES string of the molecule is COc1cc(C(=O)OCC(=O)NCC2COc3ccccc3O2)cc(Cl)c1OCC(C)C. The molecule has 9 heteroatoms. The van der Waals surface area contributed by atoms with Gasteiger partial charge in [-0.3, -0.25) is 4.79 Å². The van der Waals surface area contributed by atoms with E-state index in [1.54, 1.807) is 6.07 Å². The third-order valence-electron chi connectivity index (χ3n) is 4.45. The molecule has 0 aromatic heterocycles. The number of amides is 1. The number of rotatable bonds is 9. The number of carbonyl (C=O) groups is 2. The lowest BCUT2D eigenvalue weighted by Gasteiger charge is -2.26. The number of halogens is 1. The van der Waals surface area contributed by atoms with Crippen LogP contribution in [0.1, 0.15) is 24.2 Å². The monoisotopic (exact) mass is 463 g/mol. The van der Waals surface area contributed by atoms with Crippen LogP contribution in [-0.4, -0.2) is 51.5 Å². The van der Waals surface area contributed by atoms with E-state index in [0.717, 1.165) is 0 Å². The third kappa shape index (κ3) is 6.20. The van der Waals surface area contributed by atoms with E-state index in [2.05, 4.69) is 5.32 Å². The quantitative estimate of drug-likeness (QED) is 0.569. The number of methoxy groups -OCH3 is 1. The van der Waals surface area contributed by atoms with E-state index in [9.17, 15) is 9.59 Å². The summed E-state index contributed by atoms with van der Waals surface area (Å²) in [5.74, 6) is 1.07. The molecule has 1 N–H and O–H groups in total. The zero-order valence-corrected chi connectivity index (χ0v) is 18.9. The van der Waals surface area contributed by atoms with Gasteiger partial charge in [0.1, 0.15) is 12.7 Å². The van der Waals surface area contributed by atoms with Crippen LogP contribution in [0.5, 0.6) is 23.0 Å². The average molecular weight is 464 g/mol. The molecule has 0 saturated carbocycles. The Kier molecular flexibility index (Phi) is 8.05. The minimum Gasteiger partial charge on any atom is -0.493 e. The molecular weight excluding hydrogens is 438 g/mol. The molecule has 1 atom stereocenters. The lowest BCUT2D eigenvalue weighted by atomic mass is 10.2. The van der Waals surface area contributed by atoms with Crippen molar-refractivity contribution >= 4 is 23.5 Å². The van der Waals surface area contributed by atoms with Gasteiger partial charge in [-0.25, -0.2) is 4.79 Å². The Hall–Kier alpha value is -3.13. The Bertz CT molecular complexity index is 963. The van der Waals surface area contributed by atoms with Gasteiger partial charge in [0.2, 0.25) is 0 Å². The van der Waals surface area contributed by atoms with Gasteiger partial charge in [-0.1, -0.05) is 37.6 Å². The summed E-state index contributed by atoms with van der Waals surface area (Å²) in [6.45, 7) is 4.52. The maximum atomic E-state index is 12.4. The molecule has 0 saturated heterocycles. The summed E-state index contributed by atoms with van der Waals surface area (Å²) in [6, 6.07) is 10.2. The van der Waals surface area contributed by atoms with Crippen LogP contribution in [-0.2, 0) is 9.53 Å². The van der Waals surface area contributed by atoms with Crippen LogP contribution >= 0.6 is 11.6 Å². The van der Waals surface area contributed by atoms with Gasteiger partial charge in [-0.15, -0.1) is 0 Å². The van der Waals surface area contributed by atoms with Gasteiger partial charge in [0, 0.05) is 0 Å². The number of nitrogens with one attached hydrogen (secondary N) is 1. The van der Waals surface area contributed by atoms with Crippen molar-refractivity contribution in [3.8, 4) is 23.0 Å². The molecule has 0 spiro atoms. The fourth-order valence-corrected chi connectivity index (χ4v) is 3.15. The van der Waals surface area contributed by atoms with Crippen molar-refractivity contribution in [2.75, 3.05) is 33.5 Å². The summed E-state index contributed by atoms with van der Waals surface area (Å²) >= 11 is 6.26.